The van der Waals surface area contributed by atoms with E-state index in [4.69, 9.17) is 0 Å². The SMILES string of the molecule is COC(=O)c1cccc(OC(F)F)c1Br. The normalized spacial score (nSPS) is 10.2. The molecule has 3 nitrogen and oxygen atoms in total. The molecule has 1 rings (SSSR count). The quantitative estimate of drug-likeness (QED) is 0.799. The topological polar surface area (TPSA) is 35.5 Å². The highest BCUT2D eigenvalue weighted by molar-refractivity contribution is 9.10. The van der Waals surface area contributed by atoms with Crippen LogP contribution < -0.4 is 4.74 Å². The summed E-state index contributed by atoms with van der Waals surface area (Å²) in [6.45, 7) is -2.94. The molecule has 0 aliphatic rings. The van der Waals surface area contributed by atoms with Gasteiger partial charge in [-0.25, -0.2) is 4.79 Å². The molecule has 0 saturated carbocycles. The number of ether oxygens (including phenoxy) is 2. The highest BCUT2D eigenvalue weighted by Gasteiger charge is 2.16. The third kappa shape index (κ3) is 2.89. The molecule has 0 aliphatic carbocycles. The summed E-state index contributed by atoms with van der Waals surface area (Å²) in [5.41, 5.74) is 0.135. The van der Waals surface area contributed by atoms with Crippen LogP contribution in [0.2, 0.25) is 0 Å². The van der Waals surface area contributed by atoms with Crippen molar-refractivity contribution in [1.29, 1.82) is 0 Å². The number of alkyl halides is 2. The van der Waals surface area contributed by atoms with Crippen LogP contribution in [0.15, 0.2) is 22.7 Å². The molecule has 0 heterocycles. The summed E-state index contributed by atoms with van der Waals surface area (Å²) in [6, 6.07) is 4.19. The Balaban J connectivity index is 3.05. The Morgan fingerprint density at radius 2 is 2.13 bits per heavy atom. The lowest BCUT2D eigenvalue weighted by molar-refractivity contribution is -0.0504. The Bertz CT molecular complexity index is 368. The number of rotatable bonds is 3. The first-order chi connectivity index (χ1) is 7.06. The van der Waals surface area contributed by atoms with Gasteiger partial charge in [0.2, 0.25) is 0 Å². The zero-order chi connectivity index (χ0) is 11.4. The molecule has 0 fully saturated rings. The predicted octanol–water partition coefficient (Wildman–Crippen LogP) is 2.84. The van der Waals surface area contributed by atoms with Crippen molar-refractivity contribution in [2.24, 2.45) is 0 Å². The van der Waals surface area contributed by atoms with Crippen molar-refractivity contribution in [1.82, 2.24) is 0 Å². The standard InChI is InChI=1S/C9H7BrF2O3/c1-14-8(13)5-3-2-4-6(7(5)10)15-9(11)12/h2-4,9H,1H3. The molecule has 6 heteroatoms. The Hall–Kier alpha value is -1.17. The Kier molecular flexibility index (Phi) is 4.02. The fourth-order valence-electron chi connectivity index (χ4n) is 0.965. The minimum absolute atomic E-state index is 0.104. The zero-order valence-electron chi connectivity index (χ0n) is 7.67. The van der Waals surface area contributed by atoms with E-state index in [-0.39, 0.29) is 15.8 Å². The van der Waals surface area contributed by atoms with E-state index in [1.165, 1.54) is 25.3 Å². The number of hydrogen-bond acceptors (Lipinski definition) is 3. The number of benzene rings is 1. The lowest BCUT2D eigenvalue weighted by Gasteiger charge is -2.09. The summed E-state index contributed by atoms with van der Waals surface area (Å²) in [5, 5.41) is 0. The molecule has 0 aliphatic heterocycles. The van der Waals surface area contributed by atoms with Crippen molar-refractivity contribution in [3.8, 4) is 5.75 Å². The molecule has 0 spiro atoms. The molecule has 0 N–H and O–H groups in total. The molecule has 0 amide bonds. The van der Waals surface area contributed by atoms with Crippen LogP contribution in [-0.2, 0) is 4.74 Å². The molecule has 1 aromatic carbocycles. The molecule has 0 saturated heterocycles. The molecule has 0 atom stereocenters. The van der Waals surface area contributed by atoms with Crippen LogP contribution in [0.25, 0.3) is 0 Å². The number of carbonyl (C=O) groups is 1. The number of methoxy groups -OCH3 is 1. The van der Waals surface area contributed by atoms with E-state index >= 15 is 0 Å². The maximum absolute atomic E-state index is 12.0. The van der Waals surface area contributed by atoms with Gasteiger partial charge in [0.15, 0.2) is 0 Å². The third-order valence-electron chi connectivity index (χ3n) is 1.58. The smallest absolute Gasteiger partial charge is 0.387 e. The first-order valence-electron chi connectivity index (χ1n) is 3.88. The van der Waals surface area contributed by atoms with Crippen molar-refractivity contribution in [2.45, 2.75) is 6.61 Å². The molecule has 1 aromatic rings. The minimum atomic E-state index is -2.94. The predicted molar refractivity (Wildman–Crippen MR) is 52.1 cm³/mol. The van der Waals surface area contributed by atoms with Gasteiger partial charge in [-0.3, -0.25) is 0 Å². The van der Waals surface area contributed by atoms with E-state index < -0.39 is 12.6 Å². The van der Waals surface area contributed by atoms with Gasteiger partial charge in [0.25, 0.3) is 0 Å². The van der Waals surface area contributed by atoms with Gasteiger partial charge in [0.05, 0.1) is 17.1 Å². The highest BCUT2D eigenvalue weighted by atomic mass is 79.9. The van der Waals surface area contributed by atoms with Crippen molar-refractivity contribution < 1.29 is 23.0 Å². The Labute approximate surface area is 93.1 Å². The maximum Gasteiger partial charge on any atom is 0.387 e. The minimum Gasteiger partial charge on any atom is -0.465 e. The number of carbonyl (C=O) groups excluding carboxylic acids is 1. The summed E-state index contributed by atoms with van der Waals surface area (Å²) in [7, 11) is 1.20. The van der Waals surface area contributed by atoms with Crippen molar-refractivity contribution in [2.75, 3.05) is 7.11 Å². The lowest BCUT2D eigenvalue weighted by Crippen LogP contribution is -2.06. The van der Waals surface area contributed by atoms with Crippen molar-refractivity contribution in [3.05, 3.63) is 28.2 Å². The Morgan fingerprint density at radius 3 is 2.67 bits per heavy atom. The van der Waals surface area contributed by atoms with Crippen LogP contribution in [-0.4, -0.2) is 19.7 Å². The molecule has 15 heavy (non-hydrogen) atoms. The van der Waals surface area contributed by atoms with Gasteiger partial charge in [0.1, 0.15) is 5.75 Å². The average Bonchev–Trinajstić information content (AvgIpc) is 2.19. The van der Waals surface area contributed by atoms with E-state index in [0.717, 1.165) is 0 Å². The largest absolute Gasteiger partial charge is 0.465 e. The summed E-state index contributed by atoms with van der Waals surface area (Å²) in [4.78, 5) is 11.2. The van der Waals surface area contributed by atoms with Crippen molar-refractivity contribution in [3.63, 3.8) is 0 Å². The van der Waals surface area contributed by atoms with Gasteiger partial charge >= 0.3 is 12.6 Å². The fourth-order valence-corrected chi connectivity index (χ4v) is 1.49. The second-order valence-electron chi connectivity index (χ2n) is 2.49. The Morgan fingerprint density at radius 1 is 1.47 bits per heavy atom. The fraction of sp³-hybridized carbons (Fsp3) is 0.222. The molecular weight excluding hydrogens is 274 g/mol. The molecular formula is C9H7BrF2O3. The van der Waals surface area contributed by atoms with E-state index in [2.05, 4.69) is 25.4 Å². The van der Waals surface area contributed by atoms with Gasteiger partial charge < -0.3 is 9.47 Å². The van der Waals surface area contributed by atoms with E-state index in [0.29, 0.717) is 0 Å². The molecule has 0 unspecified atom stereocenters. The van der Waals surface area contributed by atoms with E-state index in [1.54, 1.807) is 0 Å². The summed E-state index contributed by atoms with van der Waals surface area (Å²) in [5.74, 6) is -0.727. The van der Waals surface area contributed by atoms with Crippen LogP contribution in [0.4, 0.5) is 8.78 Å². The van der Waals surface area contributed by atoms with E-state index in [9.17, 15) is 13.6 Å². The number of halogens is 3. The van der Waals surface area contributed by atoms with Crippen LogP contribution in [0.5, 0.6) is 5.75 Å². The van der Waals surface area contributed by atoms with Crippen LogP contribution in [0, 0.1) is 0 Å². The average molecular weight is 281 g/mol. The molecule has 82 valence electrons. The van der Waals surface area contributed by atoms with Crippen molar-refractivity contribution >= 4 is 21.9 Å². The van der Waals surface area contributed by atoms with E-state index in [1.807, 2.05) is 0 Å². The molecule has 0 bridgehead atoms. The number of hydrogen-bond donors (Lipinski definition) is 0. The summed E-state index contributed by atoms with van der Waals surface area (Å²) < 4.78 is 32.7. The first kappa shape index (κ1) is 11.9. The first-order valence-corrected chi connectivity index (χ1v) is 4.67. The van der Waals surface area contributed by atoms with Crippen LogP contribution >= 0.6 is 15.9 Å². The number of esters is 1. The highest BCUT2D eigenvalue weighted by Crippen LogP contribution is 2.30. The van der Waals surface area contributed by atoms with Gasteiger partial charge in [-0.1, -0.05) is 6.07 Å². The zero-order valence-corrected chi connectivity index (χ0v) is 9.25. The summed E-state index contributed by atoms with van der Waals surface area (Å²) in [6.07, 6.45) is 0. The van der Waals surface area contributed by atoms with Crippen LogP contribution in [0.1, 0.15) is 10.4 Å². The summed E-state index contributed by atoms with van der Waals surface area (Å²) >= 11 is 2.99. The van der Waals surface area contributed by atoms with Gasteiger partial charge in [-0.15, -0.1) is 0 Å². The van der Waals surface area contributed by atoms with Gasteiger partial charge in [-0.05, 0) is 28.1 Å². The second-order valence-corrected chi connectivity index (χ2v) is 3.28. The second kappa shape index (κ2) is 5.06. The van der Waals surface area contributed by atoms with Crippen LogP contribution in [0.3, 0.4) is 0 Å². The maximum atomic E-state index is 12.0. The molecule has 0 radical (unpaired) electrons. The van der Waals surface area contributed by atoms with Gasteiger partial charge in [0, 0.05) is 0 Å². The lowest BCUT2D eigenvalue weighted by atomic mass is 10.2. The monoisotopic (exact) mass is 280 g/mol. The third-order valence-corrected chi connectivity index (χ3v) is 2.40. The molecule has 0 aromatic heterocycles. The van der Waals surface area contributed by atoms with Gasteiger partial charge in [-0.2, -0.15) is 8.78 Å².